The second kappa shape index (κ2) is 5.92. The zero-order valence-corrected chi connectivity index (χ0v) is 10.4. The Balaban J connectivity index is 1.89. The van der Waals surface area contributed by atoms with E-state index in [2.05, 4.69) is 17.2 Å². The van der Waals surface area contributed by atoms with Gasteiger partial charge in [0.25, 0.3) is 0 Å². The van der Waals surface area contributed by atoms with Gasteiger partial charge < -0.3 is 5.32 Å². The monoisotopic (exact) mass is 232 g/mol. The lowest BCUT2D eigenvalue weighted by atomic mass is 9.84. The van der Waals surface area contributed by atoms with E-state index < -0.39 is 0 Å². The highest BCUT2D eigenvalue weighted by atomic mass is 16.1. The van der Waals surface area contributed by atoms with Gasteiger partial charge in [0.2, 0.25) is 0 Å². The molecule has 0 aliphatic carbocycles. The molecule has 17 heavy (non-hydrogen) atoms. The number of nitrogens with one attached hydrogen (secondary N) is 1. The highest BCUT2D eigenvalue weighted by Crippen LogP contribution is 2.23. The molecule has 0 amide bonds. The van der Waals surface area contributed by atoms with Gasteiger partial charge in [-0.05, 0) is 49.9 Å². The molecule has 2 heterocycles. The topological polar surface area (TPSA) is 42.0 Å². The molecule has 3 heteroatoms. The SMILES string of the molecule is CC(CC(=O)c1cccnc1)C1CCCNC1. The molecule has 1 N–H and O–H groups in total. The first-order valence-corrected chi connectivity index (χ1v) is 6.41. The average Bonchev–Trinajstić information content (AvgIpc) is 2.40. The van der Waals surface area contributed by atoms with Crippen molar-refractivity contribution >= 4 is 5.78 Å². The van der Waals surface area contributed by atoms with Crippen molar-refractivity contribution in [1.29, 1.82) is 0 Å². The van der Waals surface area contributed by atoms with Crippen molar-refractivity contribution in [1.82, 2.24) is 10.3 Å². The van der Waals surface area contributed by atoms with Gasteiger partial charge in [0.05, 0.1) is 0 Å². The van der Waals surface area contributed by atoms with Gasteiger partial charge in [-0.2, -0.15) is 0 Å². The van der Waals surface area contributed by atoms with Crippen molar-refractivity contribution in [2.24, 2.45) is 11.8 Å². The van der Waals surface area contributed by atoms with Crippen molar-refractivity contribution in [3.05, 3.63) is 30.1 Å². The van der Waals surface area contributed by atoms with Gasteiger partial charge in [-0.15, -0.1) is 0 Å². The maximum atomic E-state index is 12.0. The van der Waals surface area contributed by atoms with Crippen molar-refractivity contribution in [3.63, 3.8) is 0 Å². The van der Waals surface area contributed by atoms with Crippen molar-refractivity contribution in [2.75, 3.05) is 13.1 Å². The third kappa shape index (κ3) is 3.37. The molecule has 0 saturated carbocycles. The highest BCUT2D eigenvalue weighted by molar-refractivity contribution is 5.95. The minimum absolute atomic E-state index is 0.219. The summed E-state index contributed by atoms with van der Waals surface area (Å²) in [6.07, 6.45) is 6.47. The molecule has 0 spiro atoms. The van der Waals surface area contributed by atoms with Crippen LogP contribution in [0.4, 0.5) is 0 Å². The number of pyridine rings is 1. The Morgan fingerprint density at radius 1 is 1.65 bits per heavy atom. The largest absolute Gasteiger partial charge is 0.316 e. The number of hydrogen-bond donors (Lipinski definition) is 1. The molecule has 2 rings (SSSR count). The van der Waals surface area contributed by atoms with E-state index in [-0.39, 0.29) is 5.78 Å². The van der Waals surface area contributed by atoms with E-state index >= 15 is 0 Å². The zero-order chi connectivity index (χ0) is 12.1. The van der Waals surface area contributed by atoms with Gasteiger partial charge in [-0.1, -0.05) is 6.92 Å². The van der Waals surface area contributed by atoms with E-state index in [9.17, 15) is 4.79 Å². The van der Waals surface area contributed by atoms with Gasteiger partial charge >= 0.3 is 0 Å². The van der Waals surface area contributed by atoms with Crippen LogP contribution in [0.5, 0.6) is 0 Å². The third-order valence-electron chi connectivity index (χ3n) is 3.63. The van der Waals surface area contributed by atoms with Crippen LogP contribution in [0, 0.1) is 11.8 Å². The summed E-state index contributed by atoms with van der Waals surface area (Å²) >= 11 is 0. The van der Waals surface area contributed by atoms with Gasteiger partial charge in [0.1, 0.15) is 0 Å². The summed E-state index contributed by atoms with van der Waals surface area (Å²) in [5.41, 5.74) is 0.739. The molecule has 1 aromatic rings. The molecule has 2 atom stereocenters. The average molecular weight is 232 g/mol. The number of ketones is 1. The van der Waals surface area contributed by atoms with Gasteiger partial charge in [-0.3, -0.25) is 9.78 Å². The van der Waals surface area contributed by atoms with Gasteiger partial charge in [-0.25, -0.2) is 0 Å². The fraction of sp³-hybridized carbons (Fsp3) is 0.571. The molecule has 3 nitrogen and oxygen atoms in total. The van der Waals surface area contributed by atoms with Crippen molar-refractivity contribution < 1.29 is 4.79 Å². The number of rotatable bonds is 4. The standard InChI is InChI=1S/C14H20N2O/c1-11(12-4-2-6-15-9-12)8-14(17)13-5-3-7-16-10-13/h3,5,7,10-12,15H,2,4,6,8-9H2,1H3. The first-order valence-electron chi connectivity index (χ1n) is 6.41. The van der Waals surface area contributed by atoms with E-state index in [1.807, 2.05) is 12.1 Å². The van der Waals surface area contributed by atoms with Crippen LogP contribution < -0.4 is 5.32 Å². The van der Waals surface area contributed by atoms with Crippen LogP contribution in [-0.2, 0) is 0 Å². The normalized spacial score (nSPS) is 22.1. The lowest BCUT2D eigenvalue weighted by molar-refractivity contribution is 0.0942. The molecular weight excluding hydrogens is 212 g/mol. The lowest BCUT2D eigenvalue weighted by Gasteiger charge is -2.27. The Kier molecular flexibility index (Phi) is 4.26. The molecule has 0 aromatic carbocycles. The number of nitrogens with zero attached hydrogens (tertiary/aromatic N) is 1. The van der Waals surface area contributed by atoms with E-state index in [1.54, 1.807) is 12.4 Å². The quantitative estimate of drug-likeness (QED) is 0.810. The fourth-order valence-corrected chi connectivity index (χ4v) is 2.47. The summed E-state index contributed by atoms with van der Waals surface area (Å²) in [6, 6.07) is 3.67. The molecule has 0 radical (unpaired) electrons. The predicted octanol–water partition coefficient (Wildman–Crippen LogP) is 2.29. The Morgan fingerprint density at radius 2 is 2.53 bits per heavy atom. The van der Waals surface area contributed by atoms with Crippen LogP contribution in [0.2, 0.25) is 0 Å². The van der Waals surface area contributed by atoms with Crippen LogP contribution in [0.1, 0.15) is 36.5 Å². The highest BCUT2D eigenvalue weighted by Gasteiger charge is 2.22. The molecule has 1 saturated heterocycles. The second-order valence-electron chi connectivity index (χ2n) is 4.95. The molecule has 1 aromatic heterocycles. The Morgan fingerprint density at radius 3 is 3.18 bits per heavy atom. The van der Waals surface area contributed by atoms with E-state index in [4.69, 9.17) is 0 Å². The first kappa shape index (κ1) is 12.2. The summed E-state index contributed by atoms with van der Waals surface area (Å²) in [7, 11) is 0. The number of aromatic nitrogens is 1. The van der Waals surface area contributed by atoms with Crippen LogP contribution >= 0.6 is 0 Å². The maximum Gasteiger partial charge on any atom is 0.164 e. The summed E-state index contributed by atoms with van der Waals surface area (Å²) in [5.74, 6) is 1.32. The minimum Gasteiger partial charge on any atom is -0.316 e. The summed E-state index contributed by atoms with van der Waals surface area (Å²) in [6.45, 7) is 4.37. The van der Waals surface area contributed by atoms with Crippen LogP contribution in [0.25, 0.3) is 0 Å². The number of piperidine rings is 1. The molecule has 0 bridgehead atoms. The van der Waals surface area contributed by atoms with Crippen LogP contribution in [-0.4, -0.2) is 23.9 Å². The van der Waals surface area contributed by atoms with Gasteiger partial charge in [0, 0.05) is 24.4 Å². The number of carbonyl (C=O) groups is 1. The number of hydrogen-bond acceptors (Lipinski definition) is 3. The molecule has 1 aliphatic heterocycles. The lowest BCUT2D eigenvalue weighted by Crippen LogP contribution is -2.34. The molecule has 1 fully saturated rings. The van der Waals surface area contributed by atoms with Crippen LogP contribution in [0.3, 0.4) is 0 Å². The Bertz CT molecular complexity index is 358. The first-order chi connectivity index (χ1) is 8.27. The van der Waals surface area contributed by atoms with E-state index in [0.717, 1.165) is 18.7 Å². The Labute approximate surface area is 103 Å². The zero-order valence-electron chi connectivity index (χ0n) is 10.4. The van der Waals surface area contributed by atoms with Crippen LogP contribution in [0.15, 0.2) is 24.5 Å². The molecule has 92 valence electrons. The summed E-state index contributed by atoms with van der Waals surface area (Å²) < 4.78 is 0. The number of carbonyl (C=O) groups excluding carboxylic acids is 1. The van der Waals surface area contributed by atoms with E-state index in [1.165, 1.54) is 12.8 Å². The molecule has 2 unspecified atom stereocenters. The minimum atomic E-state index is 0.219. The number of Topliss-reactive ketones (excluding diaryl/α,β-unsaturated/α-hetero) is 1. The fourth-order valence-electron chi connectivity index (χ4n) is 2.47. The molecular formula is C14H20N2O. The van der Waals surface area contributed by atoms with Gasteiger partial charge in [0.15, 0.2) is 5.78 Å². The summed E-state index contributed by atoms with van der Waals surface area (Å²) in [5, 5.41) is 3.41. The smallest absolute Gasteiger partial charge is 0.164 e. The van der Waals surface area contributed by atoms with Crippen molar-refractivity contribution in [2.45, 2.75) is 26.2 Å². The molecule has 1 aliphatic rings. The third-order valence-corrected chi connectivity index (χ3v) is 3.63. The summed E-state index contributed by atoms with van der Waals surface area (Å²) in [4.78, 5) is 16.0. The van der Waals surface area contributed by atoms with Crippen molar-refractivity contribution in [3.8, 4) is 0 Å². The predicted molar refractivity (Wildman–Crippen MR) is 67.9 cm³/mol. The second-order valence-corrected chi connectivity index (χ2v) is 4.95. The maximum absolute atomic E-state index is 12.0. The van der Waals surface area contributed by atoms with E-state index in [0.29, 0.717) is 18.3 Å². The Hall–Kier alpha value is -1.22.